The highest BCUT2D eigenvalue weighted by atomic mass is 19.4. The van der Waals surface area contributed by atoms with E-state index in [2.05, 4.69) is 15.4 Å². The van der Waals surface area contributed by atoms with Crippen LogP contribution in [0.2, 0.25) is 0 Å². The Balaban J connectivity index is 1.66. The highest BCUT2D eigenvalue weighted by Gasteiger charge is 2.31. The minimum atomic E-state index is -4.47. The van der Waals surface area contributed by atoms with E-state index in [4.69, 9.17) is 0 Å². The summed E-state index contributed by atoms with van der Waals surface area (Å²) in [5.41, 5.74) is 1.11. The van der Waals surface area contributed by atoms with Gasteiger partial charge in [0.05, 0.1) is 11.1 Å². The largest absolute Gasteiger partial charge is 0.416 e. The molecule has 1 amide bonds. The summed E-state index contributed by atoms with van der Waals surface area (Å²) in [6, 6.07) is 6.78. The third kappa shape index (κ3) is 4.73. The molecule has 1 aliphatic carbocycles. The number of benzene rings is 1. The smallest absolute Gasteiger partial charge is 0.309 e. The molecule has 0 unspecified atom stereocenters. The molecule has 2 heterocycles. The van der Waals surface area contributed by atoms with Crippen LogP contribution in [0, 0.1) is 12.8 Å². The zero-order valence-corrected chi connectivity index (χ0v) is 17.4. The average molecular weight is 430 g/mol. The summed E-state index contributed by atoms with van der Waals surface area (Å²) < 4.78 is 41.4. The Morgan fingerprint density at radius 2 is 1.97 bits per heavy atom. The van der Waals surface area contributed by atoms with Gasteiger partial charge in [0.15, 0.2) is 11.5 Å². The molecule has 1 N–H and O–H groups in total. The van der Waals surface area contributed by atoms with Gasteiger partial charge in [0, 0.05) is 18.3 Å². The molecule has 5 nitrogen and oxygen atoms in total. The lowest BCUT2D eigenvalue weighted by atomic mass is 9.86. The predicted octanol–water partition coefficient (Wildman–Crippen LogP) is 6.02. The van der Waals surface area contributed by atoms with Gasteiger partial charge in [-0.05, 0) is 43.0 Å². The van der Waals surface area contributed by atoms with E-state index in [9.17, 15) is 18.0 Å². The number of hydrogen-bond acceptors (Lipinski definition) is 3. The maximum atomic E-state index is 13.3. The molecule has 1 aromatic carbocycles. The minimum Gasteiger partial charge on any atom is -0.309 e. The van der Waals surface area contributed by atoms with Crippen LogP contribution < -0.4 is 5.32 Å². The zero-order valence-electron chi connectivity index (χ0n) is 17.4. The molecular formula is C23H25F3N4O. The van der Waals surface area contributed by atoms with Crippen molar-refractivity contribution in [2.75, 3.05) is 5.32 Å². The normalized spacial score (nSPS) is 15.4. The molecule has 164 valence electrons. The van der Waals surface area contributed by atoms with Gasteiger partial charge < -0.3 is 5.32 Å². The van der Waals surface area contributed by atoms with E-state index in [1.807, 2.05) is 6.92 Å². The number of hydrogen-bond donors (Lipinski definition) is 1. The van der Waals surface area contributed by atoms with Crippen molar-refractivity contribution < 1.29 is 18.0 Å². The number of alkyl halides is 3. The summed E-state index contributed by atoms with van der Waals surface area (Å²) >= 11 is 0. The van der Waals surface area contributed by atoms with Crippen LogP contribution >= 0.6 is 0 Å². The minimum absolute atomic E-state index is 0.181. The molecule has 2 aromatic heterocycles. The van der Waals surface area contributed by atoms with Crippen LogP contribution in [0.15, 0.2) is 36.5 Å². The maximum Gasteiger partial charge on any atom is 0.416 e. The van der Waals surface area contributed by atoms with Gasteiger partial charge >= 0.3 is 6.18 Å². The highest BCUT2D eigenvalue weighted by Crippen LogP contribution is 2.36. The first kappa shape index (κ1) is 21.3. The second kappa shape index (κ2) is 8.69. The van der Waals surface area contributed by atoms with E-state index < -0.39 is 11.7 Å². The van der Waals surface area contributed by atoms with Crippen molar-refractivity contribution in [3.63, 3.8) is 0 Å². The molecule has 8 heteroatoms. The molecule has 0 aliphatic heterocycles. The Morgan fingerprint density at radius 3 is 2.71 bits per heavy atom. The molecule has 0 saturated heterocycles. The second-order valence-electron chi connectivity index (χ2n) is 8.21. The number of anilines is 1. The lowest BCUT2D eigenvalue weighted by Crippen LogP contribution is -2.15. The molecular weight excluding hydrogens is 405 g/mol. The summed E-state index contributed by atoms with van der Waals surface area (Å²) in [4.78, 5) is 17.0. The van der Waals surface area contributed by atoms with E-state index in [0.29, 0.717) is 29.1 Å². The Morgan fingerprint density at radius 1 is 1.19 bits per heavy atom. The fourth-order valence-corrected chi connectivity index (χ4v) is 4.27. The van der Waals surface area contributed by atoms with E-state index in [0.717, 1.165) is 37.1 Å². The number of aryl methyl sites for hydroxylation is 1. The summed E-state index contributed by atoms with van der Waals surface area (Å²) in [5, 5.41) is 7.29. The van der Waals surface area contributed by atoms with E-state index in [1.165, 1.54) is 25.3 Å². The Labute approximate surface area is 178 Å². The van der Waals surface area contributed by atoms with Gasteiger partial charge in [-0.2, -0.15) is 13.2 Å². The summed E-state index contributed by atoms with van der Waals surface area (Å²) in [6.45, 7) is 1.83. The third-order valence-corrected chi connectivity index (χ3v) is 5.95. The quantitative estimate of drug-likeness (QED) is 0.538. The second-order valence-corrected chi connectivity index (χ2v) is 8.21. The van der Waals surface area contributed by atoms with Crippen molar-refractivity contribution in [2.45, 2.75) is 58.0 Å². The first-order chi connectivity index (χ1) is 14.8. The average Bonchev–Trinajstić information content (AvgIpc) is 3.12. The van der Waals surface area contributed by atoms with Crippen LogP contribution in [0.3, 0.4) is 0 Å². The molecule has 0 bridgehead atoms. The topological polar surface area (TPSA) is 59.3 Å². The third-order valence-electron chi connectivity index (χ3n) is 5.95. The molecule has 1 aliphatic rings. The van der Waals surface area contributed by atoms with Gasteiger partial charge in [-0.3, -0.25) is 4.79 Å². The molecule has 1 saturated carbocycles. The zero-order chi connectivity index (χ0) is 22.0. The SMILES string of the molecule is Cc1ccnc2c(-c3cccc(C(F)(F)F)c3)c(NC(=O)CCC3CCCCC3)nn12. The fourth-order valence-electron chi connectivity index (χ4n) is 4.27. The van der Waals surface area contributed by atoms with Gasteiger partial charge in [0.2, 0.25) is 5.91 Å². The van der Waals surface area contributed by atoms with Crippen LogP contribution in [0.25, 0.3) is 16.8 Å². The summed E-state index contributed by atoms with van der Waals surface area (Å²) in [6.07, 6.45) is 4.29. The maximum absolute atomic E-state index is 13.3. The molecule has 0 radical (unpaired) electrons. The molecule has 3 aromatic rings. The number of carbonyl (C=O) groups is 1. The van der Waals surface area contributed by atoms with E-state index in [-0.39, 0.29) is 11.7 Å². The fraction of sp³-hybridized carbons (Fsp3) is 0.435. The Hall–Kier alpha value is -2.90. The van der Waals surface area contributed by atoms with Gasteiger partial charge in [0.1, 0.15) is 0 Å². The molecule has 31 heavy (non-hydrogen) atoms. The molecule has 0 spiro atoms. The molecule has 4 rings (SSSR count). The van der Waals surface area contributed by atoms with Gasteiger partial charge in [-0.15, -0.1) is 5.10 Å². The van der Waals surface area contributed by atoms with Crippen LogP contribution in [0.5, 0.6) is 0 Å². The number of aromatic nitrogens is 3. The lowest BCUT2D eigenvalue weighted by Gasteiger charge is -2.20. The Kier molecular flexibility index (Phi) is 5.98. The lowest BCUT2D eigenvalue weighted by molar-refractivity contribution is -0.137. The monoisotopic (exact) mass is 430 g/mol. The molecule has 1 fully saturated rings. The molecule has 0 atom stereocenters. The van der Waals surface area contributed by atoms with E-state index >= 15 is 0 Å². The van der Waals surface area contributed by atoms with Crippen LogP contribution in [-0.2, 0) is 11.0 Å². The van der Waals surface area contributed by atoms with Gasteiger partial charge in [0.25, 0.3) is 0 Å². The highest BCUT2D eigenvalue weighted by molar-refractivity contribution is 5.97. The van der Waals surface area contributed by atoms with Crippen LogP contribution in [0.4, 0.5) is 19.0 Å². The number of halogens is 3. The number of fused-ring (bicyclic) bond motifs is 1. The van der Waals surface area contributed by atoms with Crippen molar-refractivity contribution in [1.82, 2.24) is 14.6 Å². The predicted molar refractivity (Wildman–Crippen MR) is 113 cm³/mol. The number of carbonyl (C=O) groups excluding carboxylic acids is 1. The van der Waals surface area contributed by atoms with Gasteiger partial charge in [-0.1, -0.05) is 44.2 Å². The van der Waals surface area contributed by atoms with Crippen molar-refractivity contribution in [1.29, 1.82) is 0 Å². The van der Waals surface area contributed by atoms with Crippen molar-refractivity contribution in [3.05, 3.63) is 47.8 Å². The number of nitrogens with one attached hydrogen (secondary N) is 1. The van der Waals surface area contributed by atoms with Crippen LogP contribution in [0.1, 0.15) is 56.2 Å². The van der Waals surface area contributed by atoms with Gasteiger partial charge in [-0.25, -0.2) is 9.50 Å². The van der Waals surface area contributed by atoms with Crippen molar-refractivity contribution >= 4 is 17.4 Å². The van der Waals surface area contributed by atoms with E-state index in [1.54, 1.807) is 22.8 Å². The number of rotatable bonds is 5. The Bertz CT molecular complexity index is 1080. The van der Waals surface area contributed by atoms with Crippen molar-refractivity contribution in [2.24, 2.45) is 5.92 Å². The first-order valence-corrected chi connectivity index (χ1v) is 10.6. The first-order valence-electron chi connectivity index (χ1n) is 10.6. The summed E-state index contributed by atoms with van der Waals surface area (Å²) in [7, 11) is 0. The number of amides is 1. The summed E-state index contributed by atoms with van der Waals surface area (Å²) in [5.74, 6) is 0.613. The number of nitrogens with zero attached hydrogens (tertiary/aromatic N) is 3. The van der Waals surface area contributed by atoms with Crippen molar-refractivity contribution in [3.8, 4) is 11.1 Å². The van der Waals surface area contributed by atoms with Crippen LogP contribution in [-0.4, -0.2) is 20.5 Å². The standard InChI is InChI=1S/C23H25F3N4O/c1-15-12-13-27-22-20(17-8-5-9-18(14-17)23(24,25)26)21(29-30(15)22)28-19(31)11-10-16-6-3-2-4-7-16/h5,8-9,12-14,16H,2-4,6-7,10-11H2,1H3,(H,28,29,31).